The molecule has 1 aliphatic heterocycles. The van der Waals surface area contributed by atoms with Crippen molar-refractivity contribution >= 4 is 0 Å². The Morgan fingerprint density at radius 3 is 3.00 bits per heavy atom. The molecule has 2 atom stereocenters. The number of furan rings is 1. The molecule has 0 aromatic carbocycles. The van der Waals surface area contributed by atoms with Gasteiger partial charge < -0.3 is 14.6 Å². The van der Waals surface area contributed by atoms with Gasteiger partial charge in [0.1, 0.15) is 5.76 Å². The van der Waals surface area contributed by atoms with Gasteiger partial charge in [0.05, 0.1) is 6.26 Å². The summed E-state index contributed by atoms with van der Waals surface area (Å²) in [4.78, 5) is 2.41. The minimum Gasteiger partial charge on any atom is -0.469 e. The number of rotatable bonds is 6. The van der Waals surface area contributed by atoms with E-state index in [0.717, 1.165) is 24.1 Å². The molecule has 0 saturated carbocycles. The van der Waals surface area contributed by atoms with Gasteiger partial charge in [-0.2, -0.15) is 0 Å². The Morgan fingerprint density at radius 1 is 1.53 bits per heavy atom. The number of hydrogen-bond acceptors (Lipinski definition) is 3. The van der Waals surface area contributed by atoms with E-state index in [1.165, 1.54) is 44.5 Å². The van der Waals surface area contributed by atoms with Gasteiger partial charge in [-0.3, -0.25) is 0 Å². The average molecular weight is 264 g/mol. The van der Waals surface area contributed by atoms with Crippen LogP contribution in [0.1, 0.15) is 37.5 Å². The summed E-state index contributed by atoms with van der Waals surface area (Å²) >= 11 is 0. The maximum atomic E-state index is 5.35. The monoisotopic (exact) mass is 264 g/mol. The molecule has 3 heteroatoms. The van der Waals surface area contributed by atoms with E-state index in [1.54, 1.807) is 6.26 Å². The smallest absolute Gasteiger partial charge is 0.105 e. The van der Waals surface area contributed by atoms with Crippen molar-refractivity contribution < 1.29 is 4.42 Å². The van der Waals surface area contributed by atoms with Crippen LogP contribution in [0, 0.1) is 18.8 Å². The second-order valence-corrected chi connectivity index (χ2v) is 6.11. The van der Waals surface area contributed by atoms with Crippen molar-refractivity contribution in [1.29, 1.82) is 0 Å². The van der Waals surface area contributed by atoms with E-state index >= 15 is 0 Å². The highest BCUT2D eigenvalue weighted by atomic mass is 16.3. The molecule has 0 radical (unpaired) electrons. The van der Waals surface area contributed by atoms with Crippen LogP contribution < -0.4 is 5.32 Å². The summed E-state index contributed by atoms with van der Waals surface area (Å²) in [7, 11) is 2.21. The van der Waals surface area contributed by atoms with Crippen LogP contribution in [-0.2, 0) is 6.54 Å². The largest absolute Gasteiger partial charge is 0.469 e. The van der Waals surface area contributed by atoms with Crippen molar-refractivity contribution in [2.24, 2.45) is 11.8 Å². The Labute approximate surface area is 117 Å². The Kier molecular flexibility index (Phi) is 5.46. The lowest BCUT2D eigenvalue weighted by atomic mass is 9.85. The number of piperidine rings is 1. The molecular formula is C16H28N2O. The van der Waals surface area contributed by atoms with Gasteiger partial charge in [0, 0.05) is 12.1 Å². The van der Waals surface area contributed by atoms with Gasteiger partial charge in [0.15, 0.2) is 0 Å². The van der Waals surface area contributed by atoms with E-state index in [9.17, 15) is 0 Å². The van der Waals surface area contributed by atoms with Crippen molar-refractivity contribution in [2.75, 3.05) is 26.7 Å². The first-order valence-corrected chi connectivity index (χ1v) is 7.59. The van der Waals surface area contributed by atoms with Crippen LogP contribution >= 0.6 is 0 Å². The highest BCUT2D eigenvalue weighted by Gasteiger charge is 2.19. The van der Waals surface area contributed by atoms with Crippen molar-refractivity contribution in [3.8, 4) is 0 Å². The highest BCUT2D eigenvalue weighted by molar-refractivity contribution is 5.14. The molecule has 2 rings (SSSR count). The predicted octanol–water partition coefficient (Wildman–Crippen LogP) is 3.05. The van der Waals surface area contributed by atoms with Crippen LogP contribution in [0.25, 0.3) is 0 Å². The molecule has 2 heterocycles. The van der Waals surface area contributed by atoms with Crippen molar-refractivity contribution in [3.63, 3.8) is 0 Å². The fraction of sp³-hybridized carbons (Fsp3) is 0.750. The van der Waals surface area contributed by atoms with E-state index in [1.807, 2.05) is 6.92 Å². The average Bonchev–Trinajstić information content (AvgIpc) is 2.82. The summed E-state index contributed by atoms with van der Waals surface area (Å²) in [6, 6.07) is 2.08. The molecule has 1 fully saturated rings. The lowest BCUT2D eigenvalue weighted by Gasteiger charge is -2.29. The van der Waals surface area contributed by atoms with E-state index < -0.39 is 0 Å². The van der Waals surface area contributed by atoms with Crippen molar-refractivity contribution in [2.45, 2.75) is 39.7 Å². The second kappa shape index (κ2) is 7.11. The van der Waals surface area contributed by atoms with Crippen LogP contribution in [0.5, 0.6) is 0 Å². The molecule has 1 saturated heterocycles. The van der Waals surface area contributed by atoms with Crippen LogP contribution in [0.2, 0.25) is 0 Å². The molecule has 1 aliphatic rings. The third-order valence-corrected chi connectivity index (χ3v) is 4.51. The summed E-state index contributed by atoms with van der Waals surface area (Å²) < 4.78 is 5.35. The van der Waals surface area contributed by atoms with Gasteiger partial charge in [-0.15, -0.1) is 0 Å². The maximum absolute atomic E-state index is 5.35. The van der Waals surface area contributed by atoms with Gasteiger partial charge in [0.25, 0.3) is 0 Å². The zero-order valence-corrected chi connectivity index (χ0v) is 12.6. The first-order valence-electron chi connectivity index (χ1n) is 7.59. The van der Waals surface area contributed by atoms with Gasteiger partial charge in [-0.05, 0) is 70.8 Å². The van der Waals surface area contributed by atoms with Crippen LogP contribution in [0.15, 0.2) is 16.7 Å². The minimum atomic E-state index is 0.820. The van der Waals surface area contributed by atoms with Crippen LogP contribution in [0.3, 0.4) is 0 Å². The second-order valence-electron chi connectivity index (χ2n) is 6.11. The third-order valence-electron chi connectivity index (χ3n) is 4.51. The first-order chi connectivity index (χ1) is 9.16. The lowest BCUT2D eigenvalue weighted by Crippen LogP contribution is -2.34. The van der Waals surface area contributed by atoms with E-state index in [0.29, 0.717) is 0 Å². The number of nitrogens with zero attached hydrogens (tertiary/aromatic N) is 1. The summed E-state index contributed by atoms with van der Waals surface area (Å²) in [5, 5.41) is 3.52. The molecule has 3 nitrogen and oxygen atoms in total. The Hall–Kier alpha value is -0.800. The van der Waals surface area contributed by atoms with E-state index in [2.05, 4.69) is 30.3 Å². The molecule has 1 aromatic heterocycles. The Morgan fingerprint density at radius 2 is 2.37 bits per heavy atom. The van der Waals surface area contributed by atoms with Gasteiger partial charge in [-0.25, -0.2) is 0 Å². The number of aryl methyl sites for hydroxylation is 1. The summed E-state index contributed by atoms with van der Waals surface area (Å²) in [5.41, 5.74) is 1.31. The van der Waals surface area contributed by atoms with Crippen LogP contribution in [0.4, 0.5) is 0 Å². The lowest BCUT2D eigenvalue weighted by molar-refractivity contribution is 0.229. The molecule has 0 aliphatic carbocycles. The minimum absolute atomic E-state index is 0.820. The number of hydrogen-bond donors (Lipinski definition) is 1. The van der Waals surface area contributed by atoms with Gasteiger partial charge in [-0.1, -0.05) is 6.92 Å². The summed E-state index contributed by atoms with van der Waals surface area (Å²) in [5.74, 6) is 2.75. The topological polar surface area (TPSA) is 28.4 Å². The Balaban J connectivity index is 1.70. The molecular weight excluding hydrogens is 236 g/mol. The van der Waals surface area contributed by atoms with E-state index in [-0.39, 0.29) is 0 Å². The fourth-order valence-electron chi connectivity index (χ4n) is 2.97. The Bertz CT molecular complexity index is 369. The number of nitrogens with one attached hydrogen (secondary N) is 1. The van der Waals surface area contributed by atoms with E-state index in [4.69, 9.17) is 4.42 Å². The molecule has 19 heavy (non-hydrogen) atoms. The summed E-state index contributed by atoms with van der Waals surface area (Å²) in [6.07, 6.45) is 5.83. The SMILES string of the molecule is Cc1occc1CN(C)CCC(C)C1CCCNC1. The first kappa shape index (κ1) is 14.6. The predicted molar refractivity (Wildman–Crippen MR) is 79.2 cm³/mol. The van der Waals surface area contributed by atoms with Crippen molar-refractivity contribution in [3.05, 3.63) is 23.7 Å². The molecule has 108 valence electrons. The molecule has 0 amide bonds. The maximum Gasteiger partial charge on any atom is 0.105 e. The fourth-order valence-corrected chi connectivity index (χ4v) is 2.97. The summed E-state index contributed by atoms with van der Waals surface area (Å²) in [6.45, 7) is 9.04. The quantitative estimate of drug-likeness (QED) is 0.856. The molecule has 2 unspecified atom stereocenters. The third kappa shape index (κ3) is 4.36. The zero-order valence-electron chi connectivity index (χ0n) is 12.6. The standard InChI is InChI=1S/C16H28N2O/c1-13(15-5-4-8-17-11-15)6-9-18(3)12-16-7-10-19-14(16)2/h7,10,13,15,17H,4-6,8-9,11-12H2,1-3H3. The van der Waals surface area contributed by atoms with Crippen LogP contribution in [-0.4, -0.2) is 31.6 Å². The zero-order chi connectivity index (χ0) is 13.7. The normalized spacial score (nSPS) is 21.8. The molecule has 0 bridgehead atoms. The molecule has 1 N–H and O–H groups in total. The highest BCUT2D eigenvalue weighted by Crippen LogP contribution is 2.23. The van der Waals surface area contributed by atoms with Gasteiger partial charge >= 0.3 is 0 Å². The molecule has 1 aromatic rings. The van der Waals surface area contributed by atoms with Gasteiger partial charge in [0.2, 0.25) is 0 Å². The van der Waals surface area contributed by atoms with Crippen molar-refractivity contribution in [1.82, 2.24) is 10.2 Å². The molecule has 0 spiro atoms.